The molecule has 2 aromatic heterocycles. The summed E-state index contributed by atoms with van der Waals surface area (Å²) in [7, 11) is 0. The molecular formula is C21H15F2N3O. The van der Waals surface area contributed by atoms with E-state index in [-0.39, 0.29) is 11.4 Å². The van der Waals surface area contributed by atoms with Crippen molar-refractivity contribution in [3.05, 3.63) is 89.8 Å². The molecule has 4 aromatic rings. The molecular weight excluding hydrogens is 348 g/mol. The molecule has 2 aromatic carbocycles. The highest BCUT2D eigenvalue weighted by atomic mass is 19.1. The topological polar surface area (TPSA) is 46.4 Å². The lowest BCUT2D eigenvalue weighted by molar-refractivity contribution is 0.102. The predicted molar refractivity (Wildman–Crippen MR) is 99.7 cm³/mol. The molecule has 1 amide bonds. The van der Waals surface area contributed by atoms with E-state index >= 15 is 0 Å². The number of halogens is 2. The number of imidazole rings is 1. The van der Waals surface area contributed by atoms with E-state index in [4.69, 9.17) is 0 Å². The summed E-state index contributed by atoms with van der Waals surface area (Å²) in [5.41, 5.74) is 3.05. The summed E-state index contributed by atoms with van der Waals surface area (Å²) >= 11 is 0. The van der Waals surface area contributed by atoms with Gasteiger partial charge in [0.15, 0.2) is 0 Å². The number of amides is 1. The number of fused-ring (bicyclic) bond motifs is 1. The molecule has 4 nitrogen and oxygen atoms in total. The van der Waals surface area contributed by atoms with Gasteiger partial charge in [-0.05, 0) is 36.8 Å². The molecule has 0 aliphatic carbocycles. The Labute approximate surface area is 154 Å². The Balaban J connectivity index is 1.85. The van der Waals surface area contributed by atoms with Crippen LogP contribution >= 0.6 is 0 Å². The summed E-state index contributed by atoms with van der Waals surface area (Å²) in [6.45, 7) is 1.94. The molecule has 4 rings (SSSR count). The van der Waals surface area contributed by atoms with Crippen LogP contribution in [0.4, 0.5) is 14.5 Å². The summed E-state index contributed by atoms with van der Waals surface area (Å²) in [4.78, 5) is 17.6. The summed E-state index contributed by atoms with van der Waals surface area (Å²) in [6.07, 6.45) is 1.75. The molecule has 0 saturated heterocycles. The van der Waals surface area contributed by atoms with Crippen molar-refractivity contribution in [1.29, 1.82) is 0 Å². The molecule has 0 atom stereocenters. The third-order valence-electron chi connectivity index (χ3n) is 4.22. The van der Waals surface area contributed by atoms with Crippen LogP contribution in [0.2, 0.25) is 0 Å². The Hall–Kier alpha value is -3.54. The lowest BCUT2D eigenvalue weighted by Crippen LogP contribution is -2.16. The van der Waals surface area contributed by atoms with Gasteiger partial charge in [-0.15, -0.1) is 0 Å². The molecule has 134 valence electrons. The van der Waals surface area contributed by atoms with Crippen LogP contribution in [0.1, 0.15) is 16.1 Å². The molecule has 27 heavy (non-hydrogen) atoms. The van der Waals surface area contributed by atoms with Gasteiger partial charge in [0.1, 0.15) is 28.7 Å². The summed E-state index contributed by atoms with van der Waals surface area (Å²) < 4.78 is 28.7. The second-order valence-electron chi connectivity index (χ2n) is 6.19. The summed E-state index contributed by atoms with van der Waals surface area (Å²) in [5, 5.41) is 2.52. The Morgan fingerprint density at radius 3 is 2.56 bits per heavy atom. The van der Waals surface area contributed by atoms with Gasteiger partial charge in [0, 0.05) is 17.8 Å². The van der Waals surface area contributed by atoms with Crippen LogP contribution in [-0.4, -0.2) is 15.3 Å². The maximum absolute atomic E-state index is 14.0. The third kappa shape index (κ3) is 3.17. The van der Waals surface area contributed by atoms with Crippen LogP contribution in [0.25, 0.3) is 16.9 Å². The molecule has 1 N–H and O–H groups in total. The number of anilines is 1. The molecule has 0 aliphatic heterocycles. The number of carbonyl (C=O) groups is 1. The average molecular weight is 363 g/mol. The average Bonchev–Trinajstić information content (AvgIpc) is 3.03. The van der Waals surface area contributed by atoms with Crippen molar-refractivity contribution in [2.75, 3.05) is 5.32 Å². The van der Waals surface area contributed by atoms with Crippen LogP contribution in [0.5, 0.6) is 0 Å². The second kappa shape index (κ2) is 6.64. The highest BCUT2D eigenvalue weighted by molar-refractivity contribution is 6.07. The Morgan fingerprint density at radius 1 is 1.04 bits per heavy atom. The smallest absolute Gasteiger partial charge is 0.275 e. The van der Waals surface area contributed by atoms with E-state index in [1.165, 1.54) is 6.07 Å². The number of hydrogen-bond acceptors (Lipinski definition) is 2. The molecule has 0 saturated carbocycles. The number of benzene rings is 2. The van der Waals surface area contributed by atoms with Crippen LogP contribution in [0, 0.1) is 18.6 Å². The SMILES string of the molecule is Cc1ccn2c(C(=O)Nc3ccc(F)cc3F)c(-c3ccccc3)nc2c1. The normalized spacial score (nSPS) is 10.9. The first-order valence-corrected chi connectivity index (χ1v) is 8.33. The number of nitrogens with zero attached hydrogens (tertiary/aromatic N) is 2. The second-order valence-corrected chi connectivity index (χ2v) is 6.19. The molecule has 0 unspecified atom stereocenters. The van der Waals surface area contributed by atoms with Crippen LogP contribution in [-0.2, 0) is 0 Å². The number of aromatic nitrogens is 2. The Morgan fingerprint density at radius 2 is 1.81 bits per heavy atom. The van der Waals surface area contributed by atoms with E-state index in [9.17, 15) is 13.6 Å². The van der Waals surface area contributed by atoms with Crippen molar-refractivity contribution in [1.82, 2.24) is 9.38 Å². The van der Waals surface area contributed by atoms with E-state index in [0.717, 1.165) is 23.3 Å². The zero-order valence-electron chi connectivity index (χ0n) is 14.4. The van der Waals surface area contributed by atoms with E-state index in [1.54, 1.807) is 10.6 Å². The highest BCUT2D eigenvalue weighted by Gasteiger charge is 2.21. The van der Waals surface area contributed by atoms with E-state index in [1.807, 2.05) is 49.4 Å². The maximum atomic E-state index is 14.0. The molecule has 0 radical (unpaired) electrons. The fourth-order valence-electron chi connectivity index (χ4n) is 2.93. The van der Waals surface area contributed by atoms with Crippen molar-refractivity contribution >= 4 is 17.2 Å². The van der Waals surface area contributed by atoms with Gasteiger partial charge >= 0.3 is 0 Å². The minimum absolute atomic E-state index is 0.0949. The zero-order chi connectivity index (χ0) is 19.0. The van der Waals surface area contributed by atoms with Gasteiger partial charge in [-0.1, -0.05) is 30.3 Å². The van der Waals surface area contributed by atoms with Crippen LogP contribution < -0.4 is 5.32 Å². The first-order chi connectivity index (χ1) is 13.0. The first-order valence-electron chi connectivity index (χ1n) is 8.33. The van der Waals surface area contributed by atoms with Gasteiger partial charge in [0.25, 0.3) is 5.91 Å². The first kappa shape index (κ1) is 16.9. The Bertz CT molecular complexity index is 1150. The van der Waals surface area contributed by atoms with Gasteiger partial charge in [-0.3, -0.25) is 9.20 Å². The quantitative estimate of drug-likeness (QED) is 0.566. The monoisotopic (exact) mass is 363 g/mol. The minimum Gasteiger partial charge on any atom is -0.318 e. The van der Waals surface area contributed by atoms with E-state index < -0.39 is 17.5 Å². The lowest BCUT2D eigenvalue weighted by atomic mass is 10.1. The molecule has 6 heteroatoms. The number of pyridine rings is 1. The van der Waals surface area contributed by atoms with Crippen molar-refractivity contribution in [2.45, 2.75) is 6.92 Å². The Kier molecular flexibility index (Phi) is 4.16. The molecule has 2 heterocycles. The largest absolute Gasteiger partial charge is 0.318 e. The zero-order valence-corrected chi connectivity index (χ0v) is 14.4. The number of hydrogen-bond donors (Lipinski definition) is 1. The molecule has 0 aliphatic rings. The van der Waals surface area contributed by atoms with Gasteiger partial charge in [0.2, 0.25) is 0 Å². The number of rotatable bonds is 3. The van der Waals surface area contributed by atoms with Gasteiger partial charge in [-0.25, -0.2) is 13.8 Å². The van der Waals surface area contributed by atoms with Crippen molar-refractivity contribution in [3.8, 4) is 11.3 Å². The molecule has 0 spiro atoms. The van der Waals surface area contributed by atoms with E-state index in [2.05, 4.69) is 10.3 Å². The summed E-state index contributed by atoms with van der Waals surface area (Å²) in [6, 6.07) is 16.0. The van der Waals surface area contributed by atoms with Crippen LogP contribution in [0.3, 0.4) is 0 Å². The van der Waals surface area contributed by atoms with E-state index in [0.29, 0.717) is 11.3 Å². The van der Waals surface area contributed by atoms with Gasteiger partial charge in [-0.2, -0.15) is 0 Å². The van der Waals surface area contributed by atoms with Gasteiger partial charge in [0.05, 0.1) is 5.69 Å². The molecule has 0 fully saturated rings. The lowest BCUT2D eigenvalue weighted by Gasteiger charge is -2.08. The number of carbonyl (C=O) groups excluding carboxylic acids is 1. The third-order valence-corrected chi connectivity index (χ3v) is 4.22. The van der Waals surface area contributed by atoms with Crippen molar-refractivity contribution in [2.24, 2.45) is 0 Å². The summed E-state index contributed by atoms with van der Waals surface area (Å²) in [5.74, 6) is -2.08. The fourth-order valence-corrected chi connectivity index (χ4v) is 2.93. The van der Waals surface area contributed by atoms with Crippen molar-refractivity contribution in [3.63, 3.8) is 0 Å². The molecule has 0 bridgehead atoms. The van der Waals surface area contributed by atoms with Crippen molar-refractivity contribution < 1.29 is 13.6 Å². The van der Waals surface area contributed by atoms with Gasteiger partial charge < -0.3 is 5.32 Å². The maximum Gasteiger partial charge on any atom is 0.275 e. The minimum atomic E-state index is -0.839. The fraction of sp³-hybridized carbons (Fsp3) is 0.0476. The van der Waals surface area contributed by atoms with Crippen LogP contribution in [0.15, 0.2) is 66.9 Å². The predicted octanol–water partition coefficient (Wildman–Crippen LogP) is 4.84. The highest BCUT2D eigenvalue weighted by Crippen LogP contribution is 2.26. The standard InChI is InChI=1S/C21H15F2N3O/c1-13-9-10-26-18(11-13)25-19(14-5-3-2-4-6-14)20(26)21(27)24-17-8-7-15(22)12-16(17)23/h2-12H,1H3,(H,24,27). The number of aryl methyl sites for hydroxylation is 1. The number of nitrogens with one attached hydrogen (secondary N) is 1.